The van der Waals surface area contributed by atoms with Crippen LogP contribution in [0.3, 0.4) is 0 Å². The lowest BCUT2D eigenvalue weighted by Gasteiger charge is -2.24. The van der Waals surface area contributed by atoms with E-state index in [0.29, 0.717) is 0 Å². The molecule has 0 amide bonds. The fourth-order valence-electron chi connectivity index (χ4n) is 1.76. The predicted molar refractivity (Wildman–Crippen MR) is 57.5 cm³/mol. The van der Waals surface area contributed by atoms with E-state index >= 15 is 0 Å². The maximum atomic E-state index is 10.8. The molecule has 1 aromatic rings. The van der Waals surface area contributed by atoms with Crippen LogP contribution in [0, 0.1) is 0 Å². The van der Waals surface area contributed by atoms with Crippen molar-refractivity contribution < 1.29 is 9.90 Å². The number of carboxylic acids is 1. The highest BCUT2D eigenvalue weighted by Gasteiger charge is 2.22. The molecule has 1 aliphatic rings. The molecular formula is C12H13NO2. The van der Waals surface area contributed by atoms with Crippen molar-refractivity contribution in [3.05, 3.63) is 48.0 Å². The molecule has 0 fully saturated rings. The minimum Gasteiger partial charge on any atom is -0.480 e. The number of carboxylic acid groups (broad SMARTS) is 1. The fraction of sp³-hybridized carbons (Fsp3) is 0.250. The van der Waals surface area contributed by atoms with Crippen LogP contribution in [0.15, 0.2) is 42.5 Å². The van der Waals surface area contributed by atoms with Gasteiger partial charge in [-0.15, -0.1) is 0 Å². The van der Waals surface area contributed by atoms with Crippen LogP contribution >= 0.6 is 0 Å². The van der Waals surface area contributed by atoms with Crippen molar-refractivity contribution in [2.45, 2.75) is 18.5 Å². The van der Waals surface area contributed by atoms with Gasteiger partial charge in [-0.05, 0) is 12.0 Å². The van der Waals surface area contributed by atoms with Crippen LogP contribution in [0.5, 0.6) is 0 Å². The Kier molecular flexibility index (Phi) is 2.83. The molecule has 15 heavy (non-hydrogen) atoms. The molecule has 2 atom stereocenters. The first-order chi connectivity index (χ1) is 7.27. The third-order valence-electron chi connectivity index (χ3n) is 2.55. The van der Waals surface area contributed by atoms with E-state index in [2.05, 4.69) is 5.32 Å². The number of hydrogen-bond acceptors (Lipinski definition) is 2. The van der Waals surface area contributed by atoms with Gasteiger partial charge in [0.15, 0.2) is 0 Å². The molecule has 0 saturated carbocycles. The third kappa shape index (κ3) is 2.25. The Morgan fingerprint density at radius 3 is 2.73 bits per heavy atom. The monoisotopic (exact) mass is 203 g/mol. The largest absolute Gasteiger partial charge is 0.480 e. The lowest BCUT2D eigenvalue weighted by molar-refractivity contribution is -0.138. The van der Waals surface area contributed by atoms with Crippen LogP contribution in [0.4, 0.5) is 0 Å². The van der Waals surface area contributed by atoms with E-state index in [9.17, 15) is 4.79 Å². The molecule has 3 nitrogen and oxygen atoms in total. The summed E-state index contributed by atoms with van der Waals surface area (Å²) in [5.41, 5.74) is 1.13. The highest BCUT2D eigenvalue weighted by molar-refractivity contribution is 5.76. The summed E-state index contributed by atoms with van der Waals surface area (Å²) < 4.78 is 0. The lowest BCUT2D eigenvalue weighted by Crippen LogP contribution is -2.39. The van der Waals surface area contributed by atoms with E-state index in [1.165, 1.54) is 0 Å². The highest BCUT2D eigenvalue weighted by atomic mass is 16.4. The Hall–Kier alpha value is -1.61. The van der Waals surface area contributed by atoms with E-state index < -0.39 is 12.0 Å². The zero-order valence-corrected chi connectivity index (χ0v) is 8.26. The topological polar surface area (TPSA) is 49.3 Å². The molecule has 2 N–H and O–H groups in total. The Morgan fingerprint density at radius 2 is 2.07 bits per heavy atom. The first kappa shape index (κ1) is 9.93. The van der Waals surface area contributed by atoms with Crippen LogP contribution in [0.2, 0.25) is 0 Å². The van der Waals surface area contributed by atoms with Crippen LogP contribution in [0.25, 0.3) is 0 Å². The quantitative estimate of drug-likeness (QED) is 0.720. The van der Waals surface area contributed by atoms with Gasteiger partial charge >= 0.3 is 5.97 Å². The number of benzene rings is 1. The summed E-state index contributed by atoms with van der Waals surface area (Å²) in [6.07, 6.45) is 4.46. The van der Waals surface area contributed by atoms with Gasteiger partial charge in [0.05, 0.1) is 0 Å². The van der Waals surface area contributed by atoms with E-state index in [-0.39, 0.29) is 6.04 Å². The Balaban J connectivity index is 2.14. The standard InChI is InChI=1S/C12H13NO2/c14-12(15)11-8-4-7-10(13-11)9-5-2-1-3-6-9/h1-6,8,10-11,13H,7H2,(H,14,15). The van der Waals surface area contributed by atoms with Gasteiger partial charge in [0.2, 0.25) is 0 Å². The second kappa shape index (κ2) is 4.28. The molecule has 2 unspecified atom stereocenters. The number of hydrogen-bond donors (Lipinski definition) is 2. The number of aliphatic carboxylic acids is 1. The van der Waals surface area contributed by atoms with Gasteiger partial charge in [0, 0.05) is 6.04 Å². The first-order valence-electron chi connectivity index (χ1n) is 4.98. The summed E-state index contributed by atoms with van der Waals surface area (Å²) in [5.74, 6) is -0.827. The van der Waals surface area contributed by atoms with Crippen LogP contribution in [0.1, 0.15) is 18.0 Å². The van der Waals surface area contributed by atoms with E-state index in [0.717, 1.165) is 12.0 Å². The molecule has 1 aliphatic heterocycles. The van der Waals surface area contributed by atoms with Crippen molar-refractivity contribution >= 4 is 5.97 Å². The first-order valence-corrected chi connectivity index (χ1v) is 4.98. The maximum absolute atomic E-state index is 10.8. The summed E-state index contributed by atoms with van der Waals surface area (Å²) in [6.45, 7) is 0. The van der Waals surface area contributed by atoms with Crippen LogP contribution < -0.4 is 5.32 Å². The van der Waals surface area contributed by atoms with Crippen molar-refractivity contribution in [1.29, 1.82) is 0 Å². The van der Waals surface area contributed by atoms with Gasteiger partial charge in [-0.1, -0.05) is 42.5 Å². The molecule has 0 spiro atoms. The smallest absolute Gasteiger partial charge is 0.324 e. The molecule has 0 radical (unpaired) electrons. The average Bonchev–Trinajstić information content (AvgIpc) is 2.30. The van der Waals surface area contributed by atoms with E-state index in [1.54, 1.807) is 6.08 Å². The normalized spacial score (nSPS) is 25.1. The SMILES string of the molecule is O=C(O)C1C=CCC(c2ccccc2)N1. The molecule has 3 heteroatoms. The zero-order valence-electron chi connectivity index (χ0n) is 8.26. The Bertz CT molecular complexity index is 372. The lowest BCUT2D eigenvalue weighted by atomic mass is 9.99. The van der Waals surface area contributed by atoms with Gasteiger partial charge in [-0.3, -0.25) is 10.1 Å². The van der Waals surface area contributed by atoms with Gasteiger partial charge in [-0.2, -0.15) is 0 Å². The molecule has 0 aliphatic carbocycles. The van der Waals surface area contributed by atoms with E-state index in [4.69, 9.17) is 5.11 Å². The molecule has 1 aromatic carbocycles. The van der Waals surface area contributed by atoms with Crippen molar-refractivity contribution in [1.82, 2.24) is 5.32 Å². The summed E-state index contributed by atoms with van der Waals surface area (Å²) in [7, 11) is 0. The minimum atomic E-state index is -0.827. The van der Waals surface area contributed by atoms with Gasteiger partial charge in [0.25, 0.3) is 0 Å². The van der Waals surface area contributed by atoms with Gasteiger partial charge < -0.3 is 5.11 Å². The molecule has 0 saturated heterocycles. The Labute approximate surface area is 88.4 Å². The number of nitrogens with one attached hydrogen (secondary N) is 1. The zero-order chi connectivity index (χ0) is 10.7. The molecule has 78 valence electrons. The Morgan fingerprint density at radius 1 is 1.33 bits per heavy atom. The fourth-order valence-corrected chi connectivity index (χ4v) is 1.76. The summed E-state index contributed by atoms with van der Waals surface area (Å²) in [6, 6.07) is 9.44. The van der Waals surface area contributed by atoms with Crippen molar-refractivity contribution in [2.75, 3.05) is 0 Å². The van der Waals surface area contributed by atoms with Gasteiger partial charge in [0.1, 0.15) is 6.04 Å². The van der Waals surface area contributed by atoms with Crippen LogP contribution in [-0.4, -0.2) is 17.1 Å². The molecule has 0 bridgehead atoms. The van der Waals surface area contributed by atoms with E-state index in [1.807, 2.05) is 36.4 Å². The molecule has 2 rings (SSSR count). The average molecular weight is 203 g/mol. The second-order valence-corrected chi connectivity index (χ2v) is 3.61. The van der Waals surface area contributed by atoms with Crippen LogP contribution in [-0.2, 0) is 4.79 Å². The number of carbonyl (C=O) groups is 1. The molecular weight excluding hydrogens is 190 g/mol. The number of rotatable bonds is 2. The van der Waals surface area contributed by atoms with Crippen molar-refractivity contribution in [3.63, 3.8) is 0 Å². The maximum Gasteiger partial charge on any atom is 0.324 e. The van der Waals surface area contributed by atoms with Crippen molar-refractivity contribution in [3.8, 4) is 0 Å². The molecule has 1 heterocycles. The molecule has 0 aromatic heterocycles. The third-order valence-corrected chi connectivity index (χ3v) is 2.55. The summed E-state index contributed by atoms with van der Waals surface area (Å²) in [5, 5.41) is 12.0. The highest BCUT2D eigenvalue weighted by Crippen LogP contribution is 2.21. The summed E-state index contributed by atoms with van der Waals surface area (Å²) in [4.78, 5) is 10.8. The van der Waals surface area contributed by atoms with Crippen molar-refractivity contribution in [2.24, 2.45) is 0 Å². The second-order valence-electron chi connectivity index (χ2n) is 3.61. The summed E-state index contributed by atoms with van der Waals surface area (Å²) >= 11 is 0. The minimum absolute atomic E-state index is 0.109. The van der Waals surface area contributed by atoms with Gasteiger partial charge in [-0.25, -0.2) is 0 Å². The predicted octanol–water partition coefficient (Wildman–Crippen LogP) is 1.73.